The molecule has 10 nitrogen and oxygen atoms in total. The van der Waals surface area contributed by atoms with Gasteiger partial charge in [0.2, 0.25) is 0 Å². The highest BCUT2D eigenvalue weighted by molar-refractivity contribution is 8.93. The molecule has 1 N–H and O–H groups in total. The summed E-state index contributed by atoms with van der Waals surface area (Å²) in [6.45, 7) is 19.2. The summed E-state index contributed by atoms with van der Waals surface area (Å²) in [5, 5.41) is 10.8. The average molecular weight is 598 g/mol. The van der Waals surface area contributed by atoms with Crippen LogP contribution in [0.3, 0.4) is 0 Å². The first-order valence-corrected chi connectivity index (χ1v) is 12.1. The first-order chi connectivity index (χ1) is 16.0. The SMILES string of the molecule is Br.CC(C)(C)C(=O)OC[C@H]1O[C@H](O)[C@H](OC(=O)C(C)(C)C)[C@@H](OC(=O)C(C)(C)C)[C@@H]1OC(=O)C(C)(C)C. The van der Waals surface area contributed by atoms with Crippen molar-refractivity contribution < 1.29 is 48.0 Å². The summed E-state index contributed by atoms with van der Waals surface area (Å²) in [5.41, 5.74) is -3.68. The molecule has 0 unspecified atom stereocenters. The highest BCUT2D eigenvalue weighted by atomic mass is 79.9. The fourth-order valence-corrected chi connectivity index (χ4v) is 2.71. The number of aliphatic hydroxyl groups is 1. The van der Waals surface area contributed by atoms with Gasteiger partial charge in [-0.2, -0.15) is 0 Å². The van der Waals surface area contributed by atoms with Crippen molar-refractivity contribution >= 4 is 40.9 Å². The molecule has 0 amide bonds. The van der Waals surface area contributed by atoms with Crippen molar-refractivity contribution in [2.45, 2.75) is 114 Å². The molecule has 0 bridgehead atoms. The van der Waals surface area contributed by atoms with E-state index in [9.17, 15) is 24.3 Å². The zero-order valence-electron chi connectivity index (χ0n) is 24.1. The summed E-state index contributed by atoms with van der Waals surface area (Å²) in [7, 11) is 0. The molecule has 1 heterocycles. The Morgan fingerprint density at radius 1 is 0.595 bits per heavy atom. The van der Waals surface area contributed by atoms with Crippen LogP contribution >= 0.6 is 17.0 Å². The Morgan fingerprint density at radius 3 is 1.27 bits per heavy atom. The van der Waals surface area contributed by atoms with E-state index in [1.807, 2.05) is 0 Å². The highest BCUT2D eigenvalue weighted by Crippen LogP contribution is 2.33. The molecule has 0 aromatic heterocycles. The summed E-state index contributed by atoms with van der Waals surface area (Å²) in [6, 6.07) is 0. The van der Waals surface area contributed by atoms with Crippen molar-refractivity contribution in [1.82, 2.24) is 0 Å². The third-order valence-corrected chi connectivity index (χ3v) is 5.17. The van der Waals surface area contributed by atoms with Crippen LogP contribution in [0.2, 0.25) is 0 Å². The first-order valence-electron chi connectivity index (χ1n) is 12.1. The number of halogens is 1. The van der Waals surface area contributed by atoms with Crippen LogP contribution in [0.25, 0.3) is 0 Å². The molecule has 0 radical (unpaired) electrons. The molecule has 1 aliphatic heterocycles. The Morgan fingerprint density at radius 2 is 0.919 bits per heavy atom. The molecular formula is C26H45BrO10. The second kappa shape index (κ2) is 12.4. The van der Waals surface area contributed by atoms with Crippen molar-refractivity contribution in [2.24, 2.45) is 21.7 Å². The van der Waals surface area contributed by atoms with Gasteiger partial charge in [-0.05, 0) is 83.1 Å². The maximum atomic E-state index is 12.9. The van der Waals surface area contributed by atoms with Gasteiger partial charge >= 0.3 is 23.9 Å². The Kier molecular flexibility index (Phi) is 11.8. The van der Waals surface area contributed by atoms with Gasteiger partial charge in [-0.1, -0.05) is 0 Å². The van der Waals surface area contributed by atoms with Crippen molar-refractivity contribution in [3.05, 3.63) is 0 Å². The molecule has 0 aromatic carbocycles. The summed E-state index contributed by atoms with van der Waals surface area (Å²) in [4.78, 5) is 50.8. The zero-order valence-corrected chi connectivity index (χ0v) is 25.8. The minimum atomic E-state index is -1.75. The molecule has 0 saturated carbocycles. The molecule has 11 heteroatoms. The molecular weight excluding hydrogens is 552 g/mol. The number of carbonyl (C=O) groups is 4. The van der Waals surface area contributed by atoms with Crippen LogP contribution in [-0.4, -0.2) is 66.3 Å². The van der Waals surface area contributed by atoms with E-state index in [0.717, 1.165) is 0 Å². The fourth-order valence-electron chi connectivity index (χ4n) is 2.71. The van der Waals surface area contributed by atoms with Gasteiger partial charge in [-0.25, -0.2) is 0 Å². The van der Waals surface area contributed by atoms with Crippen LogP contribution in [0.4, 0.5) is 0 Å². The van der Waals surface area contributed by atoms with E-state index in [4.69, 9.17) is 23.7 Å². The summed E-state index contributed by atoms with van der Waals surface area (Å²) in [5.74, 6) is -2.57. The monoisotopic (exact) mass is 596 g/mol. The predicted octanol–water partition coefficient (Wildman–Crippen LogP) is 3.74. The van der Waals surface area contributed by atoms with Crippen LogP contribution in [0, 0.1) is 21.7 Å². The normalized spacial score (nSPS) is 24.8. The highest BCUT2D eigenvalue weighted by Gasteiger charge is 2.54. The smallest absolute Gasteiger partial charge is 0.311 e. The van der Waals surface area contributed by atoms with E-state index < -0.39 is 82.8 Å². The lowest BCUT2D eigenvalue weighted by molar-refractivity contribution is -0.300. The molecule has 5 atom stereocenters. The van der Waals surface area contributed by atoms with Crippen molar-refractivity contribution in [1.29, 1.82) is 0 Å². The minimum absolute atomic E-state index is 0. The average Bonchev–Trinajstić information content (AvgIpc) is 2.67. The Labute approximate surface area is 230 Å². The summed E-state index contributed by atoms with van der Waals surface area (Å²) >= 11 is 0. The number of carbonyl (C=O) groups excluding carboxylic acids is 4. The molecule has 1 aliphatic rings. The van der Waals surface area contributed by atoms with Crippen LogP contribution in [0.5, 0.6) is 0 Å². The number of esters is 4. The van der Waals surface area contributed by atoms with Crippen molar-refractivity contribution in [2.75, 3.05) is 6.61 Å². The van der Waals surface area contributed by atoms with E-state index in [2.05, 4.69) is 0 Å². The predicted molar refractivity (Wildman–Crippen MR) is 140 cm³/mol. The van der Waals surface area contributed by atoms with Gasteiger partial charge in [-0.3, -0.25) is 19.2 Å². The lowest BCUT2D eigenvalue weighted by Gasteiger charge is -2.44. The zero-order chi connectivity index (χ0) is 28.4. The lowest BCUT2D eigenvalue weighted by Crippen LogP contribution is -2.63. The molecule has 0 aromatic rings. The van der Waals surface area contributed by atoms with Gasteiger partial charge in [0.05, 0.1) is 21.7 Å². The third kappa shape index (κ3) is 10.2. The minimum Gasteiger partial charge on any atom is -0.462 e. The van der Waals surface area contributed by atoms with Crippen LogP contribution < -0.4 is 0 Å². The van der Waals surface area contributed by atoms with Crippen molar-refractivity contribution in [3.8, 4) is 0 Å². The maximum Gasteiger partial charge on any atom is 0.311 e. The fraction of sp³-hybridized carbons (Fsp3) is 0.846. The molecule has 37 heavy (non-hydrogen) atoms. The molecule has 1 fully saturated rings. The van der Waals surface area contributed by atoms with Gasteiger partial charge in [0, 0.05) is 0 Å². The standard InChI is InChI=1S/C26H44O10.BrH/c1-23(2,3)19(28)32-13-14-15(34-20(29)24(4,5)6)16(35-21(30)25(7,8)9)17(18(27)33-14)36-22(31)26(10,11)12;/h14-18,27H,13H2,1-12H3;1H/t14-,15-,16+,17-,18+;/m1./s1. The van der Waals surface area contributed by atoms with E-state index in [1.54, 1.807) is 83.1 Å². The van der Waals surface area contributed by atoms with Gasteiger partial charge in [0.25, 0.3) is 0 Å². The Hall–Kier alpha value is -1.72. The number of hydrogen-bond donors (Lipinski definition) is 1. The summed E-state index contributed by atoms with van der Waals surface area (Å²) < 4.78 is 28.0. The van der Waals surface area contributed by atoms with Gasteiger partial charge in [0.15, 0.2) is 24.6 Å². The number of rotatable bonds is 5. The topological polar surface area (TPSA) is 135 Å². The van der Waals surface area contributed by atoms with Gasteiger partial charge in [0.1, 0.15) is 12.7 Å². The maximum absolute atomic E-state index is 12.9. The quantitative estimate of drug-likeness (QED) is 0.369. The van der Waals surface area contributed by atoms with E-state index >= 15 is 0 Å². The number of ether oxygens (including phenoxy) is 5. The largest absolute Gasteiger partial charge is 0.462 e. The molecule has 216 valence electrons. The van der Waals surface area contributed by atoms with Crippen LogP contribution in [0.15, 0.2) is 0 Å². The molecule has 1 saturated heterocycles. The van der Waals surface area contributed by atoms with E-state index in [-0.39, 0.29) is 17.0 Å². The van der Waals surface area contributed by atoms with Gasteiger partial charge in [-0.15, -0.1) is 17.0 Å². The second-order valence-corrected chi connectivity index (χ2v) is 13.3. The lowest BCUT2D eigenvalue weighted by atomic mass is 9.93. The van der Waals surface area contributed by atoms with Crippen LogP contribution in [0.1, 0.15) is 83.1 Å². The summed E-state index contributed by atoms with van der Waals surface area (Å²) in [6.07, 6.45) is -7.25. The Balaban J connectivity index is 0.0000130. The van der Waals surface area contributed by atoms with E-state index in [0.29, 0.717) is 0 Å². The number of hydrogen-bond acceptors (Lipinski definition) is 10. The van der Waals surface area contributed by atoms with Crippen molar-refractivity contribution in [3.63, 3.8) is 0 Å². The molecule has 1 rings (SSSR count). The first kappa shape index (κ1) is 35.3. The number of aliphatic hydroxyl groups excluding tert-OH is 1. The molecule has 0 spiro atoms. The molecule has 0 aliphatic carbocycles. The third-order valence-electron chi connectivity index (χ3n) is 5.17. The second-order valence-electron chi connectivity index (χ2n) is 13.3. The van der Waals surface area contributed by atoms with Gasteiger partial charge < -0.3 is 28.8 Å². The van der Waals surface area contributed by atoms with Crippen LogP contribution in [-0.2, 0) is 42.9 Å². The van der Waals surface area contributed by atoms with E-state index in [1.165, 1.54) is 0 Å². The Bertz CT molecular complexity index is 826.